The summed E-state index contributed by atoms with van der Waals surface area (Å²) >= 11 is 9.36. The van der Waals surface area contributed by atoms with Crippen LogP contribution in [0.15, 0.2) is 46.9 Å². The Morgan fingerprint density at radius 1 is 1.16 bits per heavy atom. The molecule has 2 aromatic rings. The van der Waals surface area contributed by atoms with Crippen LogP contribution in [0.5, 0.6) is 0 Å². The van der Waals surface area contributed by atoms with E-state index in [1.807, 2.05) is 47.4 Å². The fourth-order valence-corrected chi connectivity index (χ4v) is 2.58. The molecule has 5 heteroatoms. The lowest BCUT2D eigenvalue weighted by atomic mass is 10.1. The molecule has 0 fully saturated rings. The fraction of sp³-hybridized carbons (Fsp3) is 0.0714. The highest BCUT2D eigenvalue weighted by Gasteiger charge is 2.23. The summed E-state index contributed by atoms with van der Waals surface area (Å²) in [7, 11) is 0. The van der Waals surface area contributed by atoms with Gasteiger partial charge in [0.15, 0.2) is 0 Å². The summed E-state index contributed by atoms with van der Waals surface area (Å²) in [5, 5.41) is 3.55. The highest BCUT2D eigenvalue weighted by molar-refractivity contribution is 9.10. The van der Waals surface area contributed by atoms with E-state index < -0.39 is 0 Å². The zero-order valence-electron chi connectivity index (χ0n) is 9.86. The van der Waals surface area contributed by atoms with E-state index in [0.29, 0.717) is 11.6 Å². The van der Waals surface area contributed by atoms with Crippen molar-refractivity contribution in [2.45, 2.75) is 0 Å². The maximum atomic E-state index is 11.8. The number of amides is 1. The van der Waals surface area contributed by atoms with E-state index >= 15 is 0 Å². The minimum Gasteiger partial charge on any atom is -0.330 e. The van der Waals surface area contributed by atoms with Gasteiger partial charge in [-0.05, 0) is 42.5 Å². The largest absolute Gasteiger partial charge is 0.330 e. The Bertz CT molecular complexity index is 642. The van der Waals surface area contributed by atoms with Crippen molar-refractivity contribution in [2.24, 2.45) is 0 Å². The Balaban J connectivity index is 2.09. The fourth-order valence-electron chi connectivity index (χ4n) is 2.10. The van der Waals surface area contributed by atoms with Gasteiger partial charge in [0.1, 0.15) is 6.54 Å². The van der Waals surface area contributed by atoms with Gasteiger partial charge in [-0.15, -0.1) is 0 Å². The number of carbonyl (C=O) groups is 1. The van der Waals surface area contributed by atoms with Gasteiger partial charge >= 0.3 is 0 Å². The summed E-state index contributed by atoms with van der Waals surface area (Å²) in [5.74, 6) is -0.0234. The molecule has 1 aliphatic heterocycles. The predicted octanol–water partition coefficient (Wildman–Crippen LogP) is 4.19. The monoisotopic (exact) mass is 336 g/mol. The molecule has 0 aliphatic carbocycles. The molecule has 0 atom stereocenters. The molecule has 96 valence electrons. The molecule has 2 aromatic carbocycles. The van der Waals surface area contributed by atoms with Crippen molar-refractivity contribution in [1.29, 1.82) is 0 Å². The van der Waals surface area contributed by atoms with Crippen molar-refractivity contribution in [3.05, 3.63) is 52.0 Å². The van der Waals surface area contributed by atoms with Gasteiger partial charge in [-0.25, -0.2) is 0 Å². The highest BCUT2D eigenvalue weighted by atomic mass is 79.9. The average Bonchev–Trinajstić information content (AvgIpc) is 2.39. The molecule has 19 heavy (non-hydrogen) atoms. The van der Waals surface area contributed by atoms with Crippen LogP contribution in [0.25, 0.3) is 0 Å². The first-order valence-electron chi connectivity index (χ1n) is 5.76. The molecule has 0 saturated carbocycles. The van der Waals surface area contributed by atoms with E-state index in [4.69, 9.17) is 11.6 Å². The number of rotatable bonds is 1. The molecule has 3 rings (SSSR count). The first-order valence-corrected chi connectivity index (χ1v) is 6.93. The Kier molecular flexibility index (Phi) is 3.21. The van der Waals surface area contributed by atoms with Gasteiger partial charge in [0.25, 0.3) is 0 Å². The van der Waals surface area contributed by atoms with Crippen LogP contribution < -0.4 is 10.2 Å². The highest BCUT2D eigenvalue weighted by Crippen LogP contribution is 2.37. The van der Waals surface area contributed by atoms with E-state index in [1.54, 1.807) is 0 Å². The zero-order chi connectivity index (χ0) is 13.4. The van der Waals surface area contributed by atoms with Crippen molar-refractivity contribution in [3.63, 3.8) is 0 Å². The normalized spacial score (nSPS) is 14.0. The molecule has 0 aromatic heterocycles. The van der Waals surface area contributed by atoms with Crippen LogP contribution in [0.1, 0.15) is 0 Å². The van der Waals surface area contributed by atoms with Gasteiger partial charge in [-0.2, -0.15) is 0 Å². The van der Waals surface area contributed by atoms with Gasteiger partial charge in [-0.3, -0.25) is 4.79 Å². The molecule has 0 bridgehead atoms. The van der Waals surface area contributed by atoms with E-state index in [1.165, 1.54) is 0 Å². The van der Waals surface area contributed by atoms with Gasteiger partial charge in [0.05, 0.1) is 11.4 Å². The molecule has 1 N–H and O–H groups in total. The molecule has 1 amide bonds. The summed E-state index contributed by atoms with van der Waals surface area (Å²) in [6, 6.07) is 13.2. The lowest BCUT2D eigenvalue weighted by Gasteiger charge is -2.31. The molecule has 1 heterocycles. The van der Waals surface area contributed by atoms with Crippen LogP contribution >= 0.6 is 27.5 Å². The van der Waals surface area contributed by atoms with E-state index in [9.17, 15) is 4.79 Å². The molecule has 3 nitrogen and oxygen atoms in total. The Labute approximate surface area is 124 Å². The van der Waals surface area contributed by atoms with Gasteiger partial charge in [0.2, 0.25) is 5.91 Å². The number of anilines is 3. The number of hydrogen-bond acceptors (Lipinski definition) is 2. The van der Waals surface area contributed by atoms with Crippen LogP contribution in [0.4, 0.5) is 17.1 Å². The second-order valence-electron chi connectivity index (χ2n) is 4.27. The summed E-state index contributed by atoms with van der Waals surface area (Å²) in [6.45, 7) is 0.297. The molecule has 1 aliphatic rings. The summed E-state index contributed by atoms with van der Waals surface area (Å²) < 4.78 is 0.973. The number of hydrogen-bond donors (Lipinski definition) is 1. The number of benzene rings is 2. The van der Waals surface area contributed by atoms with E-state index in [0.717, 1.165) is 21.5 Å². The van der Waals surface area contributed by atoms with Crippen LogP contribution in [0.3, 0.4) is 0 Å². The van der Waals surface area contributed by atoms with Crippen LogP contribution in [0, 0.1) is 0 Å². The molecule has 0 unspecified atom stereocenters. The molecule has 0 saturated heterocycles. The van der Waals surface area contributed by atoms with Crippen molar-refractivity contribution < 1.29 is 4.79 Å². The van der Waals surface area contributed by atoms with Crippen molar-refractivity contribution in [2.75, 3.05) is 16.8 Å². The SMILES string of the molecule is O=C1CN(c2ccc(Cl)cc2)c2cc(Br)ccc2N1. The maximum absolute atomic E-state index is 11.8. The van der Waals surface area contributed by atoms with E-state index in [2.05, 4.69) is 21.2 Å². The molecule has 0 radical (unpaired) electrons. The van der Waals surface area contributed by atoms with Gasteiger partial charge in [0, 0.05) is 15.2 Å². The zero-order valence-corrected chi connectivity index (χ0v) is 12.2. The van der Waals surface area contributed by atoms with E-state index in [-0.39, 0.29) is 5.91 Å². The van der Waals surface area contributed by atoms with Gasteiger partial charge in [-0.1, -0.05) is 27.5 Å². The summed E-state index contributed by atoms with van der Waals surface area (Å²) in [5.41, 5.74) is 2.73. The number of halogens is 2. The Hall–Kier alpha value is -1.52. The summed E-state index contributed by atoms with van der Waals surface area (Å²) in [4.78, 5) is 13.7. The molecular formula is C14H10BrClN2O. The van der Waals surface area contributed by atoms with Crippen LogP contribution in [-0.2, 0) is 4.79 Å². The molecule has 0 spiro atoms. The minimum atomic E-state index is -0.0234. The lowest BCUT2D eigenvalue weighted by Crippen LogP contribution is -2.34. The second-order valence-corrected chi connectivity index (χ2v) is 5.62. The predicted molar refractivity (Wildman–Crippen MR) is 81.2 cm³/mol. The number of fused-ring (bicyclic) bond motifs is 1. The molecular weight excluding hydrogens is 328 g/mol. The smallest absolute Gasteiger partial charge is 0.244 e. The third-order valence-electron chi connectivity index (χ3n) is 2.96. The minimum absolute atomic E-state index is 0.0234. The van der Waals surface area contributed by atoms with Gasteiger partial charge < -0.3 is 10.2 Å². The van der Waals surface area contributed by atoms with Crippen LogP contribution in [-0.4, -0.2) is 12.5 Å². The number of nitrogens with zero attached hydrogens (tertiary/aromatic N) is 1. The van der Waals surface area contributed by atoms with Crippen molar-refractivity contribution in [1.82, 2.24) is 0 Å². The average molecular weight is 338 g/mol. The standard InChI is InChI=1S/C14H10BrClN2O/c15-9-1-6-12-13(7-9)18(8-14(19)17-12)11-4-2-10(16)3-5-11/h1-7H,8H2,(H,17,19). The first-order chi connectivity index (χ1) is 9.13. The van der Waals surface area contributed by atoms with Crippen LogP contribution in [0.2, 0.25) is 5.02 Å². The first kappa shape index (κ1) is 12.5. The summed E-state index contributed by atoms with van der Waals surface area (Å²) in [6.07, 6.45) is 0. The number of carbonyl (C=O) groups excluding carboxylic acids is 1. The quantitative estimate of drug-likeness (QED) is 0.846. The van der Waals surface area contributed by atoms with Crippen molar-refractivity contribution >= 4 is 50.5 Å². The Morgan fingerprint density at radius 2 is 1.89 bits per heavy atom. The number of nitrogens with one attached hydrogen (secondary N) is 1. The maximum Gasteiger partial charge on any atom is 0.244 e. The topological polar surface area (TPSA) is 32.3 Å². The second kappa shape index (κ2) is 4.87. The lowest BCUT2D eigenvalue weighted by molar-refractivity contribution is -0.115. The third kappa shape index (κ3) is 2.46. The third-order valence-corrected chi connectivity index (χ3v) is 3.71. The van der Waals surface area contributed by atoms with Crippen molar-refractivity contribution in [3.8, 4) is 0 Å². The Morgan fingerprint density at radius 3 is 2.63 bits per heavy atom.